The summed E-state index contributed by atoms with van der Waals surface area (Å²) in [7, 11) is 3.43. The fraction of sp³-hybridized carbons (Fsp3) is 0.375. The van der Waals surface area contributed by atoms with E-state index in [0.29, 0.717) is 6.54 Å². The fourth-order valence-corrected chi connectivity index (χ4v) is 2.27. The molecule has 0 amide bonds. The van der Waals surface area contributed by atoms with Crippen molar-refractivity contribution >= 4 is 0 Å². The van der Waals surface area contributed by atoms with Crippen LogP contribution < -0.4 is 16.4 Å². The molecule has 1 heterocycles. The summed E-state index contributed by atoms with van der Waals surface area (Å²) in [6.45, 7) is 4.56. The molecule has 2 rings (SSSR count). The third-order valence-corrected chi connectivity index (χ3v) is 3.90. The smallest absolute Gasteiger partial charge is 0.312 e. The van der Waals surface area contributed by atoms with E-state index in [1.165, 1.54) is 20.3 Å². The molecule has 112 valence electrons. The number of aromatic nitrogens is 2. The maximum Gasteiger partial charge on any atom is 0.316 e. The van der Waals surface area contributed by atoms with E-state index in [2.05, 4.69) is 37.4 Å². The molecule has 0 aliphatic carbocycles. The van der Waals surface area contributed by atoms with Crippen molar-refractivity contribution in [3.63, 3.8) is 0 Å². The highest BCUT2D eigenvalue weighted by molar-refractivity contribution is 5.31. The molecule has 0 aliphatic rings. The zero-order valence-corrected chi connectivity index (χ0v) is 12.9. The lowest BCUT2D eigenvalue weighted by Crippen LogP contribution is -2.41. The standard InChI is InChI=1S/C16H21N3O2/c1-11-5-6-13(9-12(11)2)14(17-3)10-19-8-7-18(4)15(20)16(19)21/h5-9,14,17H,10H2,1-4H3. The Labute approximate surface area is 123 Å². The Kier molecular flexibility index (Phi) is 4.43. The van der Waals surface area contributed by atoms with Crippen LogP contribution in [0.25, 0.3) is 0 Å². The molecule has 21 heavy (non-hydrogen) atoms. The van der Waals surface area contributed by atoms with Crippen molar-refractivity contribution in [3.8, 4) is 0 Å². The summed E-state index contributed by atoms with van der Waals surface area (Å²) in [5.41, 5.74) is 2.55. The van der Waals surface area contributed by atoms with Gasteiger partial charge in [0.15, 0.2) is 0 Å². The normalized spacial score (nSPS) is 12.4. The molecule has 0 radical (unpaired) electrons. The minimum atomic E-state index is -0.507. The second kappa shape index (κ2) is 6.10. The van der Waals surface area contributed by atoms with Gasteiger partial charge in [-0.1, -0.05) is 18.2 Å². The zero-order chi connectivity index (χ0) is 15.6. The highest BCUT2D eigenvalue weighted by Crippen LogP contribution is 2.18. The number of benzene rings is 1. The predicted octanol–water partition coefficient (Wildman–Crippen LogP) is 1.12. The van der Waals surface area contributed by atoms with Crippen LogP contribution in [0.5, 0.6) is 0 Å². The molecule has 5 nitrogen and oxygen atoms in total. The SMILES string of the molecule is CNC(Cn1ccn(C)c(=O)c1=O)c1ccc(C)c(C)c1. The van der Waals surface area contributed by atoms with Crippen LogP contribution in [0.2, 0.25) is 0 Å². The Bertz CT molecular complexity index is 759. The zero-order valence-electron chi connectivity index (χ0n) is 12.9. The Balaban J connectivity index is 2.35. The highest BCUT2D eigenvalue weighted by atomic mass is 16.2. The summed E-state index contributed by atoms with van der Waals surface area (Å²) >= 11 is 0. The van der Waals surface area contributed by atoms with E-state index in [-0.39, 0.29) is 6.04 Å². The van der Waals surface area contributed by atoms with Gasteiger partial charge < -0.3 is 14.5 Å². The second-order valence-electron chi connectivity index (χ2n) is 5.36. The summed E-state index contributed by atoms with van der Waals surface area (Å²) < 4.78 is 2.75. The predicted molar refractivity (Wildman–Crippen MR) is 83.7 cm³/mol. The van der Waals surface area contributed by atoms with E-state index in [9.17, 15) is 9.59 Å². The first-order valence-electron chi connectivity index (χ1n) is 6.94. The van der Waals surface area contributed by atoms with E-state index in [1.54, 1.807) is 19.4 Å². The maximum atomic E-state index is 12.0. The Morgan fingerprint density at radius 3 is 2.43 bits per heavy atom. The Morgan fingerprint density at radius 1 is 1.10 bits per heavy atom. The van der Waals surface area contributed by atoms with Crippen molar-refractivity contribution < 1.29 is 0 Å². The minimum absolute atomic E-state index is 0.0193. The van der Waals surface area contributed by atoms with Gasteiger partial charge in [-0.15, -0.1) is 0 Å². The van der Waals surface area contributed by atoms with Gasteiger partial charge in [-0.3, -0.25) is 9.59 Å². The molecule has 1 unspecified atom stereocenters. The molecular weight excluding hydrogens is 266 g/mol. The third kappa shape index (κ3) is 3.13. The summed E-state index contributed by atoms with van der Waals surface area (Å²) in [6, 6.07) is 6.22. The van der Waals surface area contributed by atoms with E-state index < -0.39 is 11.1 Å². The van der Waals surface area contributed by atoms with Crippen LogP contribution >= 0.6 is 0 Å². The first-order valence-corrected chi connectivity index (χ1v) is 6.94. The van der Waals surface area contributed by atoms with Crippen LogP contribution in [0.1, 0.15) is 22.7 Å². The molecule has 1 atom stereocenters. The van der Waals surface area contributed by atoms with Gasteiger partial charge in [-0.05, 0) is 37.6 Å². The van der Waals surface area contributed by atoms with Crippen molar-refractivity contribution in [2.45, 2.75) is 26.4 Å². The third-order valence-electron chi connectivity index (χ3n) is 3.90. The lowest BCUT2D eigenvalue weighted by atomic mass is 10.0. The number of nitrogens with one attached hydrogen (secondary N) is 1. The minimum Gasteiger partial charge on any atom is -0.312 e. The van der Waals surface area contributed by atoms with Crippen molar-refractivity contribution in [2.75, 3.05) is 7.05 Å². The van der Waals surface area contributed by atoms with E-state index in [4.69, 9.17) is 0 Å². The van der Waals surface area contributed by atoms with Gasteiger partial charge in [0, 0.05) is 26.0 Å². The maximum absolute atomic E-state index is 12.0. The Hall–Kier alpha value is -2.14. The first kappa shape index (κ1) is 15.3. The van der Waals surface area contributed by atoms with Crippen molar-refractivity contribution in [2.24, 2.45) is 7.05 Å². The van der Waals surface area contributed by atoms with Crippen molar-refractivity contribution in [3.05, 3.63) is 68.0 Å². The van der Waals surface area contributed by atoms with Gasteiger partial charge in [0.2, 0.25) is 0 Å². The molecule has 0 spiro atoms. The van der Waals surface area contributed by atoms with Gasteiger partial charge in [-0.25, -0.2) is 0 Å². The number of nitrogens with zero attached hydrogens (tertiary/aromatic N) is 2. The monoisotopic (exact) mass is 287 g/mol. The quantitative estimate of drug-likeness (QED) is 0.858. The molecular formula is C16H21N3O2. The number of aryl methyl sites for hydroxylation is 3. The van der Waals surface area contributed by atoms with E-state index >= 15 is 0 Å². The topological polar surface area (TPSA) is 56.0 Å². The van der Waals surface area contributed by atoms with Gasteiger partial charge in [0.1, 0.15) is 0 Å². The van der Waals surface area contributed by atoms with Crippen molar-refractivity contribution in [1.82, 2.24) is 14.5 Å². The van der Waals surface area contributed by atoms with Crippen LogP contribution in [-0.4, -0.2) is 16.2 Å². The van der Waals surface area contributed by atoms with Gasteiger partial charge >= 0.3 is 11.1 Å². The molecule has 0 fully saturated rings. The van der Waals surface area contributed by atoms with Gasteiger partial charge in [0.05, 0.1) is 6.04 Å². The molecule has 0 saturated carbocycles. The average molecular weight is 287 g/mol. The molecule has 0 aliphatic heterocycles. The molecule has 0 saturated heterocycles. The number of rotatable bonds is 4. The summed E-state index contributed by atoms with van der Waals surface area (Å²) in [6.07, 6.45) is 3.26. The molecule has 1 N–H and O–H groups in total. The lowest BCUT2D eigenvalue weighted by Gasteiger charge is -2.19. The molecule has 2 aromatic rings. The van der Waals surface area contributed by atoms with Crippen LogP contribution in [-0.2, 0) is 13.6 Å². The van der Waals surface area contributed by atoms with Crippen LogP contribution in [0, 0.1) is 13.8 Å². The van der Waals surface area contributed by atoms with Crippen LogP contribution in [0.4, 0.5) is 0 Å². The van der Waals surface area contributed by atoms with Gasteiger partial charge in [0.25, 0.3) is 0 Å². The van der Waals surface area contributed by atoms with Crippen LogP contribution in [0.15, 0.2) is 40.2 Å². The van der Waals surface area contributed by atoms with Gasteiger partial charge in [-0.2, -0.15) is 0 Å². The number of likely N-dealkylation sites (N-methyl/N-ethyl adjacent to an activating group) is 1. The summed E-state index contributed by atoms with van der Waals surface area (Å²) in [5.74, 6) is 0. The van der Waals surface area contributed by atoms with Crippen molar-refractivity contribution in [1.29, 1.82) is 0 Å². The summed E-state index contributed by atoms with van der Waals surface area (Å²) in [5, 5.41) is 3.21. The molecule has 5 heteroatoms. The fourth-order valence-electron chi connectivity index (χ4n) is 2.27. The molecule has 0 bridgehead atoms. The highest BCUT2D eigenvalue weighted by Gasteiger charge is 2.13. The largest absolute Gasteiger partial charge is 0.316 e. The first-order chi connectivity index (χ1) is 9.93. The number of hydrogen-bond acceptors (Lipinski definition) is 3. The molecule has 1 aromatic heterocycles. The van der Waals surface area contributed by atoms with E-state index in [1.807, 2.05) is 7.05 Å². The Morgan fingerprint density at radius 2 is 1.81 bits per heavy atom. The average Bonchev–Trinajstić information content (AvgIpc) is 2.47. The van der Waals surface area contributed by atoms with Crippen LogP contribution in [0.3, 0.4) is 0 Å². The lowest BCUT2D eigenvalue weighted by molar-refractivity contribution is 0.483. The second-order valence-corrected chi connectivity index (χ2v) is 5.36. The number of hydrogen-bond donors (Lipinski definition) is 1. The van der Waals surface area contributed by atoms with E-state index in [0.717, 1.165) is 5.56 Å². The molecule has 1 aromatic carbocycles. The summed E-state index contributed by atoms with van der Waals surface area (Å²) in [4.78, 5) is 23.7.